The van der Waals surface area contributed by atoms with E-state index < -0.39 is 0 Å². The first-order valence-corrected chi connectivity index (χ1v) is 7.97. The Balaban J connectivity index is 2.28. The second-order valence-corrected chi connectivity index (χ2v) is 5.57. The summed E-state index contributed by atoms with van der Waals surface area (Å²) >= 11 is 3.51. The van der Waals surface area contributed by atoms with Crippen molar-refractivity contribution in [1.29, 1.82) is 0 Å². The third kappa shape index (κ3) is 2.51. The normalized spacial score (nSPS) is 10.8. The van der Waals surface area contributed by atoms with E-state index in [0.29, 0.717) is 5.33 Å². The van der Waals surface area contributed by atoms with Crippen LogP contribution in [0.25, 0.3) is 17.1 Å². The predicted octanol–water partition coefficient (Wildman–Crippen LogP) is 4.45. The Kier molecular flexibility index (Phi) is 3.88. The maximum absolute atomic E-state index is 4.44. The van der Waals surface area contributed by atoms with E-state index in [2.05, 4.69) is 74.9 Å². The first-order valence-electron chi connectivity index (χ1n) is 6.84. The summed E-state index contributed by atoms with van der Waals surface area (Å²) in [7, 11) is 0. The maximum atomic E-state index is 4.44. The van der Waals surface area contributed by atoms with Gasteiger partial charge in [0.05, 0.1) is 5.33 Å². The Hall–Kier alpha value is -1.94. The zero-order valence-electron chi connectivity index (χ0n) is 12.0. The van der Waals surface area contributed by atoms with E-state index in [4.69, 9.17) is 0 Å². The second-order valence-electron chi connectivity index (χ2n) is 5.01. The molecule has 21 heavy (non-hydrogen) atoms. The van der Waals surface area contributed by atoms with Gasteiger partial charge in [0.15, 0.2) is 5.82 Å². The van der Waals surface area contributed by atoms with Crippen LogP contribution in [0.15, 0.2) is 48.5 Å². The van der Waals surface area contributed by atoms with Gasteiger partial charge in [-0.15, -0.1) is 10.2 Å². The molecule has 0 fully saturated rings. The molecule has 3 rings (SSSR count). The number of rotatable bonds is 3. The van der Waals surface area contributed by atoms with Crippen molar-refractivity contribution in [1.82, 2.24) is 14.8 Å². The van der Waals surface area contributed by atoms with Crippen molar-refractivity contribution in [2.75, 3.05) is 0 Å². The minimum Gasteiger partial charge on any atom is -0.278 e. The average Bonchev–Trinajstić information content (AvgIpc) is 2.91. The Morgan fingerprint density at radius 2 is 1.57 bits per heavy atom. The summed E-state index contributed by atoms with van der Waals surface area (Å²) in [5.74, 6) is 1.80. The summed E-state index contributed by atoms with van der Waals surface area (Å²) in [6.07, 6.45) is 0. The molecular weight excluding hydrogens is 326 g/mol. The van der Waals surface area contributed by atoms with Gasteiger partial charge in [-0.3, -0.25) is 4.57 Å². The van der Waals surface area contributed by atoms with Crippen LogP contribution in [0, 0.1) is 13.8 Å². The molecule has 0 N–H and O–H groups in total. The van der Waals surface area contributed by atoms with Gasteiger partial charge in [-0.1, -0.05) is 52.3 Å². The Morgan fingerprint density at radius 3 is 2.19 bits per heavy atom. The molecule has 2 aromatic carbocycles. The van der Waals surface area contributed by atoms with E-state index in [9.17, 15) is 0 Å². The fourth-order valence-electron chi connectivity index (χ4n) is 2.58. The smallest absolute Gasteiger partial charge is 0.169 e. The summed E-state index contributed by atoms with van der Waals surface area (Å²) in [5.41, 5.74) is 4.65. The quantitative estimate of drug-likeness (QED) is 0.659. The van der Waals surface area contributed by atoms with Crippen molar-refractivity contribution in [2.45, 2.75) is 19.2 Å². The Morgan fingerprint density at radius 1 is 0.905 bits per heavy atom. The number of aryl methyl sites for hydroxylation is 2. The molecule has 4 heteroatoms. The second kappa shape index (κ2) is 5.82. The topological polar surface area (TPSA) is 30.7 Å². The fraction of sp³-hybridized carbons (Fsp3) is 0.176. The number of aromatic nitrogens is 3. The van der Waals surface area contributed by atoms with Crippen molar-refractivity contribution in [3.63, 3.8) is 0 Å². The molecule has 0 radical (unpaired) electrons. The largest absolute Gasteiger partial charge is 0.278 e. The van der Waals surface area contributed by atoms with Gasteiger partial charge < -0.3 is 0 Å². The van der Waals surface area contributed by atoms with Crippen LogP contribution in [0.5, 0.6) is 0 Å². The van der Waals surface area contributed by atoms with Gasteiger partial charge in [0.1, 0.15) is 5.82 Å². The van der Waals surface area contributed by atoms with E-state index in [1.807, 2.05) is 18.2 Å². The highest BCUT2D eigenvalue weighted by atomic mass is 79.9. The first kappa shape index (κ1) is 14.0. The molecule has 0 unspecified atom stereocenters. The highest BCUT2D eigenvalue weighted by molar-refractivity contribution is 9.08. The van der Waals surface area contributed by atoms with Gasteiger partial charge in [-0.2, -0.15) is 0 Å². The van der Waals surface area contributed by atoms with Crippen LogP contribution in [0.2, 0.25) is 0 Å². The van der Waals surface area contributed by atoms with Crippen LogP contribution in [0.1, 0.15) is 17.0 Å². The van der Waals surface area contributed by atoms with Crippen LogP contribution in [-0.4, -0.2) is 14.8 Å². The van der Waals surface area contributed by atoms with Crippen LogP contribution in [-0.2, 0) is 5.33 Å². The minimum absolute atomic E-state index is 0.666. The van der Waals surface area contributed by atoms with Crippen LogP contribution >= 0.6 is 15.9 Å². The van der Waals surface area contributed by atoms with Crippen LogP contribution in [0.3, 0.4) is 0 Å². The minimum atomic E-state index is 0.666. The SMILES string of the molecule is Cc1cccc(C)c1-c1nnc(CBr)n1-c1ccccc1. The number of nitrogens with zero attached hydrogens (tertiary/aromatic N) is 3. The molecule has 0 saturated heterocycles. The third-order valence-electron chi connectivity index (χ3n) is 3.57. The molecule has 0 saturated carbocycles. The van der Waals surface area contributed by atoms with Crippen molar-refractivity contribution in [3.8, 4) is 17.1 Å². The Bertz CT molecular complexity index is 743. The monoisotopic (exact) mass is 341 g/mol. The molecule has 0 spiro atoms. The lowest BCUT2D eigenvalue weighted by Gasteiger charge is -2.13. The number of halogens is 1. The van der Waals surface area contributed by atoms with Gasteiger partial charge in [0.25, 0.3) is 0 Å². The zero-order valence-corrected chi connectivity index (χ0v) is 13.6. The van der Waals surface area contributed by atoms with Crippen molar-refractivity contribution in [2.24, 2.45) is 0 Å². The number of hydrogen-bond acceptors (Lipinski definition) is 2. The summed E-state index contributed by atoms with van der Waals surface area (Å²) in [4.78, 5) is 0. The van der Waals surface area contributed by atoms with Gasteiger partial charge >= 0.3 is 0 Å². The van der Waals surface area contributed by atoms with E-state index >= 15 is 0 Å². The molecule has 0 aliphatic carbocycles. The standard InChI is InChI=1S/C17H16BrN3/c1-12-7-6-8-13(2)16(12)17-20-19-15(11-18)21(17)14-9-4-3-5-10-14/h3-10H,11H2,1-2H3. The van der Waals surface area contributed by atoms with Gasteiger partial charge in [-0.25, -0.2) is 0 Å². The van der Waals surface area contributed by atoms with E-state index in [1.54, 1.807) is 0 Å². The number of benzene rings is 2. The first-order chi connectivity index (χ1) is 10.2. The lowest BCUT2D eigenvalue weighted by atomic mass is 10.0. The zero-order chi connectivity index (χ0) is 14.8. The third-order valence-corrected chi connectivity index (χ3v) is 4.07. The molecule has 0 aliphatic heterocycles. The molecular formula is C17H16BrN3. The van der Waals surface area contributed by atoms with Gasteiger partial charge in [-0.05, 0) is 37.1 Å². The highest BCUT2D eigenvalue weighted by Crippen LogP contribution is 2.29. The van der Waals surface area contributed by atoms with E-state index in [0.717, 1.165) is 22.9 Å². The average molecular weight is 342 g/mol. The molecule has 3 nitrogen and oxygen atoms in total. The number of hydrogen-bond donors (Lipinski definition) is 0. The van der Waals surface area contributed by atoms with Crippen molar-refractivity contribution < 1.29 is 0 Å². The van der Waals surface area contributed by atoms with Gasteiger partial charge in [0.2, 0.25) is 0 Å². The number of para-hydroxylation sites is 1. The predicted molar refractivity (Wildman–Crippen MR) is 88.9 cm³/mol. The summed E-state index contributed by atoms with van der Waals surface area (Å²) in [6, 6.07) is 16.5. The molecule has 0 amide bonds. The molecule has 0 atom stereocenters. The van der Waals surface area contributed by atoms with E-state index in [-0.39, 0.29) is 0 Å². The molecule has 106 valence electrons. The van der Waals surface area contributed by atoms with Gasteiger partial charge in [0, 0.05) is 11.3 Å². The lowest BCUT2D eigenvalue weighted by molar-refractivity contribution is 0.961. The molecule has 0 aliphatic rings. The Labute approximate surface area is 132 Å². The van der Waals surface area contributed by atoms with Crippen molar-refractivity contribution in [3.05, 3.63) is 65.5 Å². The number of alkyl halides is 1. The lowest BCUT2D eigenvalue weighted by Crippen LogP contribution is -2.03. The molecule has 1 aromatic heterocycles. The fourth-order valence-corrected chi connectivity index (χ4v) is 2.94. The van der Waals surface area contributed by atoms with Crippen LogP contribution in [0.4, 0.5) is 0 Å². The summed E-state index contributed by atoms with van der Waals surface area (Å²) in [5, 5.41) is 9.44. The summed E-state index contributed by atoms with van der Waals surface area (Å²) in [6.45, 7) is 4.22. The van der Waals surface area contributed by atoms with Crippen molar-refractivity contribution >= 4 is 15.9 Å². The molecule has 1 heterocycles. The molecule has 0 bridgehead atoms. The van der Waals surface area contributed by atoms with E-state index in [1.165, 1.54) is 11.1 Å². The maximum Gasteiger partial charge on any atom is 0.169 e. The summed E-state index contributed by atoms with van der Waals surface area (Å²) < 4.78 is 2.12. The van der Waals surface area contributed by atoms with Crippen LogP contribution < -0.4 is 0 Å². The molecule has 3 aromatic rings. The highest BCUT2D eigenvalue weighted by Gasteiger charge is 2.17.